The van der Waals surface area contributed by atoms with Crippen LogP contribution in [0.2, 0.25) is 0 Å². The molecule has 0 bridgehead atoms. The van der Waals surface area contributed by atoms with Gasteiger partial charge in [-0.3, -0.25) is 4.79 Å². The quantitative estimate of drug-likeness (QED) is 0.895. The van der Waals surface area contributed by atoms with Gasteiger partial charge in [-0.15, -0.1) is 0 Å². The smallest absolute Gasteiger partial charge is 0.227 e. The van der Waals surface area contributed by atoms with Crippen LogP contribution < -0.4 is 5.32 Å². The SMILES string of the molecule is CC(C)(C)c1ccccc1NC(=O)C1CCc2n[nH]nc2C1. The zero-order chi connectivity index (χ0) is 15.7. The second-order valence-corrected chi connectivity index (χ2v) is 6.94. The number of rotatable bonds is 2. The average Bonchev–Trinajstić information content (AvgIpc) is 2.94. The number of hydrogen-bond acceptors (Lipinski definition) is 3. The molecule has 1 aliphatic rings. The van der Waals surface area contributed by atoms with Crippen LogP contribution in [0, 0.1) is 5.92 Å². The summed E-state index contributed by atoms with van der Waals surface area (Å²) in [6.07, 6.45) is 2.29. The van der Waals surface area contributed by atoms with Gasteiger partial charge in [0.2, 0.25) is 5.91 Å². The molecule has 3 rings (SSSR count). The van der Waals surface area contributed by atoms with Crippen molar-refractivity contribution in [2.45, 2.75) is 45.4 Å². The molecule has 5 nitrogen and oxygen atoms in total. The maximum atomic E-state index is 12.6. The fourth-order valence-electron chi connectivity index (χ4n) is 2.99. The third-order valence-corrected chi connectivity index (χ3v) is 4.24. The summed E-state index contributed by atoms with van der Waals surface area (Å²) < 4.78 is 0. The summed E-state index contributed by atoms with van der Waals surface area (Å²) in [5, 5.41) is 14.0. The maximum Gasteiger partial charge on any atom is 0.227 e. The Balaban J connectivity index is 1.76. The standard InChI is InChI=1S/C17H22N4O/c1-17(2,3)12-6-4-5-7-13(12)18-16(22)11-8-9-14-15(10-11)20-21-19-14/h4-7,11H,8-10H2,1-3H3,(H,18,22)(H,19,20,21). The number of carbonyl (C=O) groups is 1. The average molecular weight is 298 g/mol. The number of anilines is 1. The molecule has 2 N–H and O–H groups in total. The molecule has 22 heavy (non-hydrogen) atoms. The summed E-state index contributed by atoms with van der Waals surface area (Å²) >= 11 is 0. The van der Waals surface area contributed by atoms with Gasteiger partial charge in [0.05, 0.1) is 11.4 Å². The molecule has 2 aromatic rings. The molecule has 1 aliphatic carbocycles. The number of nitrogens with zero attached hydrogens (tertiary/aromatic N) is 2. The van der Waals surface area contributed by atoms with E-state index in [9.17, 15) is 4.79 Å². The Bertz CT molecular complexity index is 684. The molecular formula is C17H22N4O. The summed E-state index contributed by atoms with van der Waals surface area (Å²) in [5.74, 6) is 0.0379. The van der Waals surface area contributed by atoms with Gasteiger partial charge in [0, 0.05) is 18.0 Å². The van der Waals surface area contributed by atoms with Crippen molar-refractivity contribution in [1.82, 2.24) is 15.4 Å². The number of aromatic amines is 1. The molecule has 1 amide bonds. The maximum absolute atomic E-state index is 12.6. The lowest BCUT2D eigenvalue weighted by Gasteiger charge is -2.25. The van der Waals surface area contributed by atoms with E-state index in [0.717, 1.165) is 35.5 Å². The Labute approximate surface area is 130 Å². The molecule has 0 aliphatic heterocycles. The molecule has 0 fully saturated rings. The van der Waals surface area contributed by atoms with E-state index >= 15 is 0 Å². The number of benzene rings is 1. The third-order valence-electron chi connectivity index (χ3n) is 4.24. The van der Waals surface area contributed by atoms with Crippen LogP contribution in [0.15, 0.2) is 24.3 Å². The molecule has 5 heteroatoms. The Morgan fingerprint density at radius 3 is 2.73 bits per heavy atom. The van der Waals surface area contributed by atoms with Crippen LogP contribution in [0.5, 0.6) is 0 Å². The van der Waals surface area contributed by atoms with Crippen LogP contribution in [0.4, 0.5) is 5.69 Å². The number of nitrogens with one attached hydrogen (secondary N) is 2. The van der Waals surface area contributed by atoms with Gasteiger partial charge in [0.15, 0.2) is 0 Å². The molecular weight excluding hydrogens is 276 g/mol. The van der Waals surface area contributed by atoms with E-state index in [-0.39, 0.29) is 17.2 Å². The van der Waals surface area contributed by atoms with Crippen LogP contribution in [0.1, 0.15) is 44.1 Å². The molecule has 0 saturated carbocycles. The van der Waals surface area contributed by atoms with Gasteiger partial charge < -0.3 is 5.32 Å². The number of fused-ring (bicyclic) bond motifs is 1. The molecule has 0 spiro atoms. The van der Waals surface area contributed by atoms with Crippen molar-refractivity contribution in [3.8, 4) is 0 Å². The van der Waals surface area contributed by atoms with E-state index in [1.165, 1.54) is 0 Å². The van der Waals surface area contributed by atoms with E-state index in [2.05, 4.69) is 47.6 Å². The van der Waals surface area contributed by atoms with Crippen LogP contribution in [-0.2, 0) is 23.1 Å². The van der Waals surface area contributed by atoms with Gasteiger partial charge in [0.1, 0.15) is 0 Å². The molecule has 1 unspecified atom stereocenters. The predicted molar refractivity (Wildman–Crippen MR) is 85.7 cm³/mol. The van der Waals surface area contributed by atoms with Gasteiger partial charge in [-0.2, -0.15) is 15.4 Å². The summed E-state index contributed by atoms with van der Waals surface area (Å²) in [6.45, 7) is 6.46. The Kier molecular flexibility index (Phi) is 3.72. The molecule has 0 saturated heterocycles. The van der Waals surface area contributed by atoms with Crippen molar-refractivity contribution in [2.24, 2.45) is 5.92 Å². The van der Waals surface area contributed by atoms with Crippen molar-refractivity contribution >= 4 is 11.6 Å². The number of aryl methyl sites for hydroxylation is 1. The van der Waals surface area contributed by atoms with Crippen molar-refractivity contribution in [3.05, 3.63) is 41.2 Å². The Hall–Kier alpha value is -2.17. The van der Waals surface area contributed by atoms with Crippen molar-refractivity contribution in [1.29, 1.82) is 0 Å². The van der Waals surface area contributed by atoms with E-state index in [4.69, 9.17) is 0 Å². The summed E-state index contributed by atoms with van der Waals surface area (Å²) in [7, 11) is 0. The highest BCUT2D eigenvalue weighted by atomic mass is 16.1. The first-order chi connectivity index (χ1) is 10.4. The normalized spacial score (nSPS) is 17.9. The fourth-order valence-corrected chi connectivity index (χ4v) is 2.99. The number of hydrogen-bond donors (Lipinski definition) is 2. The lowest BCUT2D eigenvalue weighted by molar-refractivity contribution is -0.120. The second kappa shape index (κ2) is 5.55. The lowest BCUT2D eigenvalue weighted by Crippen LogP contribution is -2.29. The number of carbonyl (C=O) groups excluding carboxylic acids is 1. The highest BCUT2D eigenvalue weighted by Gasteiger charge is 2.28. The predicted octanol–water partition coefficient (Wildman–Crippen LogP) is 2.85. The van der Waals surface area contributed by atoms with Crippen LogP contribution in [0.25, 0.3) is 0 Å². The molecule has 0 radical (unpaired) electrons. The first-order valence-electron chi connectivity index (χ1n) is 7.74. The third kappa shape index (κ3) is 2.89. The molecule has 116 valence electrons. The van der Waals surface area contributed by atoms with E-state index in [0.29, 0.717) is 6.42 Å². The second-order valence-electron chi connectivity index (χ2n) is 6.94. The number of H-pyrrole nitrogens is 1. The largest absolute Gasteiger partial charge is 0.326 e. The van der Waals surface area contributed by atoms with Gasteiger partial charge in [0.25, 0.3) is 0 Å². The van der Waals surface area contributed by atoms with E-state index < -0.39 is 0 Å². The summed E-state index contributed by atoms with van der Waals surface area (Å²) in [5.41, 5.74) is 3.98. The summed E-state index contributed by atoms with van der Waals surface area (Å²) in [4.78, 5) is 12.6. The highest BCUT2D eigenvalue weighted by Crippen LogP contribution is 2.30. The molecule has 1 atom stereocenters. The minimum absolute atomic E-state index is 0.00424. The molecule has 1 aromatic heterocycles. The fraction of sp³-hybridized carbons (Fsp3) is 0.471. The van der Waals surface area contributed by atoms with Gasteiger partial charge in [-0.25, -0.2) is 0 Å². The zero-order valence-electron chi connectivity index (χ0n) is 13.3. The van der Waals surface area contributed by atoms with Crippen LogP contribution >= 0.6 is 0 Å². The van der Waals surface area contributed by atoms with Crippen LogP contribution in [0.3, 0.4) is 0 Å². The Morgan fingerprint density at radius 1 is 1.23 bits per heavy atom. The summed E-state index contributed by atoms with van der Waals surface area (Å²) in [6, 6.07) is 8.02. The van der Waals surface area contributed by atoms with Gasteiger partial charge in [-0.1, -0.05) is 39.0 Å². The van der Waals surface area contributed by atoms with Crippen molar-refractivity contribution < 1.29 is 4.79 Å². The topological polar surface area (TPSA) is 70.7 Å². The number of amides is 1. The first-order valence-corrected chi connectivity index (χ1v) is 7.74. The Morgan fingerprint density at radius 2 is 1.95 bits per heavy atom. The van der Waals surface area contributed by atoms with Gasteiger partial charge in [-0.05, 0) is 29.9 Å². The van der Waals surface area contributed by atoms with Crippen molar-refractivity contribution in [3.63, 3.8) is 0 Å². The molecule has 1 heterocycles. The monoisotopic (exact) mass is 298 g/mol. The molecule has 1 aromatic carbocycles. The lowest BCUT2D eigenvalue weighted by atomic mass is 9.85. The van der Waals surface area contributed by atoms with Crippen molar-refractivity contribution in [2.75, 3.05) is 5.32 Å². The zero-order valence-corrected chi connectivity index (χ0v) is 13.3. The number of para-hydroxylation sites is 1. The van der Waals surface area contributed by atoms with Crippen LogP contribution in [-0.4, -0.2) is 21.3 Å². The first kappa shape index (κ1) is 14.8. The highest BCUT2D eigenvalue weighted by molar-refractivity contribution is 5.93. The minimum atomic E-state index is -0.0365. The van der Waals surface area contributed by atoms with E-state index in [1.54, 1.807) is 0 Å². The van der Waals surface area contributed by atoms with E-state index in [1.807, 2.05) is 18.2 Å². The number of aromatic nitrogens is 3. The van der Waals surface area contributed by atoms with Gasteiger partial charge >= 0.3 is 0 Å². The minimum Gasteiger partial charge on any atom is -0.326 e.